The molecule has 0 saturated carbocycles. The van der Waals surface area contributed by atoms with Crippen molar-refractivity contribution >= 4 is 21.8 Å². The Hall–Kier alpha value is -2.32. The maximum Gasteiger partial charge on any atom is 0.304 e. The van der Waals surface area contributed by atoms with E-state index in [1.165, 1.54) is 20.4 Å². The van der Waals surface area contributed by atoms with Crippen LogP contribution in [0.25, 0.3) is 0 Å². The summed E-state index contributed by atoms with van der Waals surface area (Å²) in [6, 6.07) is 11.9. The molecule has 124 valence electrons. The summed E-state index contributed by atoms with van der Waals surface area (Å²) < 4.78 is 32.2. The highest BCUT2D eigenvalue weighted by Crippen LogP contribution is 2.18. The molecule has 1 aromatic carbocycles. The fourth-order valence-electron chi connectivity index (χ4n) is 1.88. The second-order valence-corrected chi connectivity index (χ2v) is 7.06. The van der Waals surface area contributed by atoms with Gasteiger partial charge in [0.05, 0.1) is 18.5 Å². The van der Waals surface area contributed by atoms with Crippen LogP contribution in [-0.4, -0.2) is 39.3 Å². The van der Waals surface area contributed by atoms with Gasteiger partial charge < -0.3 is 9.73 Å². The van der Waals surface area contributed by atoms with Crippen molar-refractivity contribution < 1.29 is 17.6 Å². The molecule has 1 aromatic heterocycles. The molecule has 2 aromatic rings. The summed E-state index contributed by atoms with van der Waals surface area (Å²) in [5.74, 6) is 0.177. The Labute approximate surface area is 135 Å². The number of hydrogen-bond donors (Lipinski definition) is 1. The first-order chi connectivity index (χ1) is 10.9. The van der Waals surface area contributed by atoms with Crippen LogP contribution < -0.4 is 9.62 Å². The topological polar surface area (TPSA) is 82.9 Å². The van der Waals surface area contributed by atoms with Gasteiger partial charge in [0.25, 0.3) is 0 Å². The average Bonchev–Trinajstić information content (AvgIpc) is 3.04. The molecule has 0 bridgehead atoms. The number of rotatable bonds is 7. The molecule has 23 heavy (non-hydrogen) atoms. The second-order valence-electron chi connectivity index (χ2n) is 4.99. The van der Waals surface area contributed by atoms with Gasteiger partial charge in [-0.15, -0.1) is 0 Å². The maximum absolute atomic E-state index is 12.5. The van der Waals surface area contributed by atoms with Crippen LogP contribution in [0.4, 0.5) is 5.69 Å². The molecule has 2 rings (SSSR count). The first-order valence-corrected chi connectivity index (χ1v) is 8.35. The van der Waals surface area contributed by atoms with E-state index >= 15 is 0 Å². The molecule has 0 aliphatic heterocycles. The molecule has 0 fully saturated rings. The molecule has 0 atom stereocenters. The second kappa shape index (κ2) is 7.30. The molecule has 0 saturated heterocycles. The van der Waals surface area contributed by atoms with E-state index in [1.54, 1.807) is 42.5 Å². The van der Waals surface area contributed by atoms with Gasteiger partial charge in [0.15, 0.2) is 0 Å². The average molecular weight is 337 g/mol. The number of carbonyl (C=O) groups is 1. The van der Waals surface area contributed by atoms with Crippen molar-refractivity contribution in [2.45, 2.75) is 6.54 Å². The molecule has 8 heteroatoms. The summed E-state index contributed by atoms with van der Waals surface area (Å²) in [7, 11) is -0.932. The van der Waals surface area contributed by atoms with Crippen LogP contribution in [0.5, 0.6) is 0 Å². The third kappa shape index (κ3) is 4.33. The van der Waals surface area contributed by atoms with Crippen LogP contribution in [0.1, 0.15) is 5.76 Å². The lowest BCUT2D eigenvalue weighted by Crippen LogP contribution is -2.45. The highest BCUT2D eigenvalue weighted by Gasteiger charge is 2.27. The zero-order valence-electron chi connectivity index (χ0n) is 13.0. The Kier molecular flexibility index (Phi) is 5.41. The third-order valence-corrected chi connectivity index (χ3v) is 4.93. The van der Waals surface area contributed by atoms with E-state index in [2.05, 4.69) is 5.32 Å². The Balaban J connectivity index is 2.13. The van der Waals surface area contributed by atoms with E-state index in [-0.39, 0.29) is 13.1 Å². The minimum Gasteiger partial charge on any atom is -0.467 e. The fourth-order valence-corrected chi connectivity index (χ4v) is 2.95. The van der Waals surface area contributed by atoms with E-state index < -0.39 is 16.1 Å². The van der Waals surface area contributed by atoms with Gasteiger partial charge in [0, 0.05) is 14.1 Å². The lowest BCUT2D eigenvalue weighted by atomic mass is 10.3. The molecule has 0 aliphatic rings. The van der Waals surface area contributed by atoms with Gasteiger partial charge in [0.1, 0.15) is 12.3 Å². The van der Waals surface area contributed by atoms with Gasteiger partial charge in [-0.05, 0) is 24.3 Å². The quantitative estimate of drug-likeness (QED) is 0.823. The fraction of sp³-hybridized carbons (Fsp3) is 0.267. The number of nitrogens with zero attached hydrogens (tertiary/aromatic N) is 2. The number of furan rings is 1. The van der Waals surface area contributed by atoms with Crippen molar-refractivity contribution in [2.24, 2.45) is 0 Å². The van der Waals surface area contributed by atoms with E-state index in [9.17, 15) is 13.2 Å². The SMILES string of the molecule is CN(C)S(=O)(=O)N(CC(=O)NCc1ccco1)c1ccccc1. The molecular weight excluding hydrogens is 318 g/mol. The molecule has 0 unspecified atom stereocenters. The standard InChI is InChI=1S/C15H19N3O4S/c1-17(2)23(20,21)18(13-7-4-3-5-8-13)12-15(19)16-11-14-9-6-10-22-14/h3-10H,11-12H2,1-2H3,(H,16,19). The summed E-state index contributed by atoms with van der Waals surface area (Å²) in [6.07, 6.45) is 1.51. The van der Waals surface area contributed by atoms with Crippen molar-refractivity contribution in [1.82, 2.24) is 9.62 Å². The third-order valence-electron chi connectivity index (χ3n) is 3.11. The van der Waals surface area contributed by atoms with Crippen LogP contribution >= 0.6 is 0 Å². The maximum atomic E-state index is 12.5. The minimum atomic E-state index is -3.78. The lowest BCUT2D eigenvalue weighted by Gasteiger charge is -2.26. The van der Waals surface area contributed by atoms with Crippen LogP contribution in [0.3, 0.4) is 0 Å². The van der Waals surface area contributed by atoms with Gasteiger partial charge in [-0.1, -0.05) is 18.2 Å². The van der Waals surface area contributed by atoms with E-state index in [1.807, 2.05) is 0 Å². The van der Waals surface area contributed by atoms with Crippen LogP contribution in [-0.2, 0) is 21.5 Å². The smallest absolute Gasteiger partial charge is 0.304 e. The van der Waals surface area contributed by atoms with Crippen molar-refractivity contribution in [2.75, 3.05) is 24.9 Å². The minimum absolute atomic E-state index is 0.205. The summed E-state index contributed by atoms with van der Waals surface area (Å²) >= 11 is 0. The van der Waals surface area contributed by atoms with E-state index in [4.69, 9.17) is 4.42 Å². The molecule has 1 amide bonds. The van der Waals surface area contributed by atoms with Crippen LogP contribution in [0.2, 0.25) is 0 Å². The molecular formula is C15H19N3O4S. The van der Waals surface area contributed by atoms with Gasteiger partial charge in [0.2, 0.25) is 5.91 Å². The van der Waals surface area contributed by atoms with Gasteiger partial charge >= 0.3 is 10.2 Å². The van der Waals surface area contributed by atoms with Gasteiger partial charge in [-0.3, -0.25) is 4.79 Å². The number of benzene rings is 1. The molecule has 0 spiro atoms. The normalized spacial score (nSPS) is 11.4. The van der Waals surface area contributed by atoms with Gasteiger partial charge in [-0.25, -0.2) is 4.31 Å². The van der Waals surface area contributed by atoms with Crippen molar-refractivity contribution in [3.8, 4) is 0 Å². The highest BCUT2D eigenvalue weighted by atomic mass is 32.2. The Morgan fingerprint density at radius 1 is 1.13 bits per heavy atom. The molecule has 1 heterocycles. The van der Waals surface area contributed by atoms with Crippen molar-refractivity contribution in [3.05, 3.63) is 54.5 Å². The summed E-state index contributed by atoms with van der Waals surface area (Å²) in [6.45, 7) is -0.109. The first-order valence-electron chi connectivity index (χ1n) is 6.95. The monoisotopic (exact) mass is 337 g/mol. The molecule has 0 aliphatic carbocycles. The highest BCUT2D eigenvalue weighted by molar-refractivity contribution is 7.90. The lowest BCUT2D eigenvalue weighted by molar-refractivity contribution is -0.119. The molecule has 7 nitrogen and oxygen atoms in total. The zero-order chi connectivity index (χ0) is 16.9. The summed E-state index contributed by atoms with van der Waals surface area (Å²) in [4.78, 5) is 12.1. The zero-order valence-corrected chi connectivity index (χ0v) is 13.8. The van der Waals surface area contributed by atoms with E-state index in [0.717, 1.165) is 8.61 Å². The molecule has 1 N–H and O–H groups in total. The Morgan fingerprint density at radius 2 is 1.83 bits per heavy atom. The number of carbonyl (C=O) groups excluding carboxylic acids is 1. The predicted octanol–water partition coefficient (Wildman–Crippen LogP) is 1.21. The number of para-hydroxylation sites is 1. The Morgan fingerprint density at radius 3 is 2.39 bits per heavy atom. The number of nitrogens with one attached hydrogen (secondary N) is 1. The number of anilines is 1. The first kappa shape index (κ1) is 17.0. The van der Waals surface area contributed by atoms with Crippen LogP contribution in [0.15, 0.2) is 53.1 Å². The number of hydrogen-bond acceptors (Lipinski definition) is 4. The summed E-state index contributed by atoms with van der Waals surface area (Å²) in [5, 5.41) is 2.64. The predicted molar refractivity (Wildman–Crippen MR) is 86.9 cm³/mol. The Bertz CT molecular complexity index is 727. The summed E-state index contributed by atoms with van der Waals surface area (Å²) in [5.41, 5.74) is 0.425. The largest absolute Gasteiger partial charge is 0.467 e. The van der Waals surface area contributed by atoms with Crippen molar-refractivity contribution in [1.29, 1.82) is 0 Å². The van der Waals surface area contributed by atoms with E-state index in [0.29, 0.717) is 11.4 Å². The number of amides is 1. The van der Waals surface area contributed by atoms with Crippen molar-refractivity contribution in [3.63, 3.8) is 0 Å². The van der Waals surface area contributed by atoms with Crippen LogP contribution in [0, 0.1) is 0 Å². The van der Waals surface area contributed by atoms with Gasteiger partial charge in [-0.2, -0.15) is 12.7 Å². The molecule has 0 radical (unpaired) electrons.